The van der Waals surface area contributed by atoms with Crippen LogP contribution < -0.4 is 0 Å². The minimum absolute atomic E-state index is 0.0542. The number of rotatable bonds is 8. The van der Waals surface area contributed by atoms with Crippen LogP contribution in [-0.2, 0) is 9.53 Å². The third-order valence-corrected chi connectivity index (χ3v) is 2.59. The lowest BCUT2D eigenvalue weighted by Gasteiger charge is -2.27. The Kier molecular flexibility index (Phi) is 8.38. The molecule has 1 unspecified atom stereocenters. The number of likely N-dealkylation sites (N-methyl/N-ethyl adjacent to an activating group) is 1. The highest BCUT2D eigenvalue weighted by Gasteiger charge is 2.23. The largest absolute Gasteiger partial charge is 0.465 e. The highest BCUT2D eigenvalue weighted by Crippen LogP contribution is 2.08. The van der Waals surface area contributed by atoms with Gasteiger partial charge in [-0.25, -0.2) is 0 Å². The van der Waals surface area contributed by atoms with E-state index in [0.29, 0.717) is 6.61 Å². The van der Waals surface area contributed by atoms with Crippen molar-refractivity contribution in [3.05, 3.63) is 0 Å². The number of unbranched alkanes of at least 4 members (excludes halogenated alkanes) is 1. The van der Waals surface area contributed by atoms with Gasteiger partial charge < -0.3 is 4.74 Å². The third-order valence-electron chi connectivity index (χ3n) is 2.59. The molecule has 3 heteroatoms. The van der Waals surface area contributed by atoms with E-state index in [1.807, 2.05) is 13.8 Å². The van der Waals surface area contributed by atoms with E-state index in [9.17, 15) is 4.79 Å². The van der Waals surface area contributed by atoms with Crippen LogP contribution in [0.15, 0.2) is 0 Å². The van der Waals surface area contributed by atoms with Crippen molar-refractivity contribution in [3.8, 4) is 0 Å². The molecule has 0 heterocycles. The van der Waals surface area contributed by atoms with Crippen LogP contribution in [0.5, 0.6) is 0 Å². The number of ether oxygens (including phenoxy) is 1. The molecule has 1 atom stereocenters. The van der Waals surface area contributed by atoms with Crippen molar-refractivity contribution in [3.63, 3.8) is 0 Å². The summed E-state index contributed by atoms with van der Waals surface area (Å²) in [4.78, 5) is 13.9. The normalized spacial score (nSPS) is 12.9. The minimum atomic E-state index is -0.0713. The Morgan fingerprint density at radius 3 is 2.33 bits per heavy atom. The molecule has 90 valence electrons. The molecule has 0 spiro atoms. The summed E-state index contributed by atoms with van der Waals surface area (Å²) in [6, 6.07) is -0.0542. The van der Waals surface area contributed by atoms with Gasteiger partial charge >= 0.3 is 5.97 Å². The Hall–Kier alpha value is -0.570. The Morgan fingerprint density at radius 2 is 1.93 bits per heavy atom. The zero-order valence-corrected chi connectivity index (χ0v) is 10.6. The van der Waals surface area contributed by atoms with Crippen LogP contribution in [0, 0.1) is 0 Å². The second-order valence-corrected chi connectivity index (χ2v) is 3.66. The van der Waals surface area contributed by atoms with Gasteiger partial charge in [-0.3, -0.25) is 9.69 Å². The van der Waals surface area contributed by atoms with Gasteiger partial charge in [0.05, 0.1) is 6.61 Å². The monoisotopic (exact) mass is 215 g/mol. The van der Waals surface area contributed by atoms with Gasteiger partial charge in [-0.05, 0) is 32.9 Å². The number of esters is 1. The average molecular weight is 215 g/mol. The zero-order chi connectivity index (χ0) is 11.7. The molecule has 15 heavy (non-hydrogen) atoms. The Labute approximate surface area is 93.8 Å². The number of hydrogen-bond donors (Lipinski definition) is 0. The molecule has 0 aromatic carbocycles. The van der Waals surface area contributed by atoms with Crippen molar-refractivity contribution >= 4 is 5.97 Å². The Morgan fingerprint density at radius 1 is 1.27 bits per heavy atom. The first-order valence-electron chi connectivity index (χ1n) is 6.11. The molecule has 0 aromatic rings. The molecule has 0 saturated carbocycles. The molecule has 3 nitrogen and oxygen atoms in total. The maximum absolute atomic E-state index is 11.7. The second kappa shape index (κ2) is 8.72. The van der Waals surface area contributed by atoms with E-state index in [1.165, 1.54) is 0 Å². The molecule has 0 aliphatic rings. The topological polar surface area (TPSA) is 29.5 Å². The fourth-order valence-corrected chi connectivity index (χ4v) is 1.71. The van der Waals surface area contributed by atoms with E-state index in [1.54, 1.807) is 0 Å². The lowest BCUT2D eigenvalue weighted by molar-refractivity contribution is -0.149. The molecule has 0 N–H and O–H groups in total. The summed E-state index contributed by atoms with van der Waals surface area (Å²) in [6.45, 7) is 10.5. The zero-order valence-electron chi connectivity index (χ0n) is 10.6. The predicted molar refractivity (Wildman–Crippen MR) is 62.9 cm³/mol. The molecular formula is C12H25NO2. The second-order valence-electron chi connectivity index (χ2n) is 3.66. The number of carbonyl (C=O) groups excluding carboxylic acids is 1. The lowest BCUT2D eigenvalue weighted by Crippen LogP contribution is -2.42. The van der Waals surface area contributed by atoms with Crippen LogP contribution in [-0.4, -0.2) is 36.6 Å². The van der Waals surface area contributed by atoms with Crippen molar-refractivity contribution in [2.24, 2.45) is 0 Å². The van der Waals surface area contributed by atoms with Crippen LogP contribution in [0.4, 0.5) is 0 Å². The fourth-order valence-electron chi connectivity index (χ4n) is 1.71. The van der Waals surface area contributed by atoms with E-state index >= 15 is 0 Å². The smallest absolute Gasteiger partial charge is 0.323 e. The molecule has 0 aliphatic heterocycles. The number of nitrogens with zero attached hydrogens (tertiary/aromatic N) is 1. The molecule has 0 rings (SSSR count). The molecule has 0 saturated heterocycles. The minimum Gasteiger partial charge on any atom is -0.465 e. The standard InChI is InChI=1S/C12H25NO2/c1-5-9-10-13(7-3)11(6-2)12(14)15-8-4/h11H,5-10H2,1-4H3. The molecule has 0 fully saturated rings. The molecule has 0 radical (unpaired) electrons. The first-order chi connectivity index (χ1) is 7.21. The lowest BCUT2D eigenvalue weighted by atomic mass is 10.1. The van der Waals surface area contributed by atoms with Crippen molar-refractivity contribution < 1.29 is 9.53 Å². The number of hydrogen-bond acceptors (Lipinski definition) is 3. The van der Waals surface area contributed by atoms with Crippen LogP contribution in [0.1, 0.15) is 47.0 Å². The van der Waals surface area contributed by atoms with E-state index in [4.69, 9.17) is 4.74 Å². The van der Waals surface area contributed by atoms with Crippen LogP contribution in [0.3, 0.4) is 0 Å². The third kappa shape index (κ3) is 5.17. The molecule has 0 aromatic heterocycles. The summed E-state index contributed by atoms with van der Waals surface area (Å²) in [6.07, 6.45) is 3.13. The first kappa shape index (κ1) is 14.4. The summed E-state index contributed by atoms with van der Waals surface area (Å²) in [7, 11) is 0. The van der Waals surface area contributed by atoms with Crippen molar-refractivity contribution in [1.82, 2.24) is 4.90 Å². The highest BCUT2D eigenvalue weighted by molar-refractivity contribution is 5.75. The van der Waals surface area contributed by atoms with Gasteiger partial charge in [-0.15, -0.1) is 0 Å². The summed E-state index contributed by atoms with van der Waals surface area (Å²) < 4.78 is 5.08. The van der Waals surface area contributed by atoms with Gasteiger partial charge in [0.15, 0.2) is 0 Å². The summed E-state index contributed by atoms with van der Waals surface area (Å²) in [5.41, 5.74) is 0. The molecule has 0 amide bonds. The van der Waals surface area contributed by atoms with Gasteiger partial charge in [0.25, 0.3) is 0 Å². The van der Waals surface area contributed by atoms with E-state index in [2.05, 4.69) is 18.7 Å². The summed E-state index contributed by atoms with van der Waals surface area (Å²) >= 11 is 0. The van der Waals surface area contributed by atoms with Crippen LogP contribution >= 0.6 is 0 Å². The molecule has 0 aliphatic carbocycles. The Balaban J connectivity index is 4.25. The van der Waals surface area contributed by atoms with E-state index < -0.39 is 0 Å². The van der Waals surface area contributed by atoms with E-state index in [-0.39, 0.29) is 12.0 Å². The summed E-state index contributed by atoms with van der Waals surface area (Å²) in [5, 5.41) is 0. The number of carbonyl (C=O) groups is 1. The quantitative estimate of drug-likeness (QED) is 0.582. The maximum Gasteiger partial charge on any atom is 0.323 e. The van der Waals surface area contributed by atoms with Crippen LogP contribution in [0.25, 0.3) is 0 Å². The highest BCUT2D eigenvalue weighted by atomic mass is 16.5. The van der Waals surface area contributed by atoms with Gasteiger partial charge in [-0.1, -0.05) is 27.2 Å². The van der Waals surface area contributed by atoms with E-state index in [0.717, 1.165) is 32.4 Å². The SMILES string of the molecule is CCCCN(CC)C(CC)C(=O)OCC. The van der Waals surface area contributed by atoms with Crippen molar-refractivity contribution in [2.75, 3.05) is 19.7 Å². The predicted octanol–water partition coefficient (Wildman–Crippen LogP) is 2.45. The van der Waals surface area contributed by atoms with Crippen molar-refractivity contribution in [1.29, 1.82) is 0 Å². The molecule has 0 bridgehead atoms. The maximum atomic E-state index is 11.7. The van der Waals surface area contributed by atoms with Gasteiger partial charge in [0.2, 0.25) is 0 Å². The molecular weight excluding hydrogens is 190 g/mol. The van der Waals surface area contributed by atoms with Crippen LogP contribution in [0.2, 0.25) is 0 Å². The summed E-state index contributed by atoms with van der Waals surface area (Å²) in [5.74, 6) is -0.0713. The first-order valence-corrected chi connectivity index (χ1v) is 6.11. The van der Waals surface area contributed by atoms with Gasteiger partial charge in [-0.2, -0.15) is 0 Å². The van der Waals surface area contributed by atoms with Gasteiger partial charge in [0, 0.05) is 0 Å². The Bertz CT molecular complexity index is 171. The van der Waals surface area contributed by atoms with Gasteiger partial charge in [0.1, 0.15) is 6.04 Å². The van der Waals surface area contributed by atoms with Crippen molar-refractivity contribution in [2.45, 2.75) is 53.0 Å². The fraction of sp³-hybridized carbons (Fsp3) is 0.917. The average Bonchev–Trinajstić information content (AvgIpc) is 2.24.